The number of ketones is 2. The first-order valence-corrected chi connectivity index (χ1v) is 12.4. The number of ether oxygens (including phenoxy) is 1. The Bertz CT molecular complexity index is 1340. The predicted molar refractivity (Wildman–Crippen MR) is 141 cm³/mol. The predicted octanol–water partition coefficient (Wildman–Crippen LogP) is 2.96. The van der Waals surface area contributed by atoms with E-state index in [0.29, 0.717) is 28.0 Å². The summed E-state index contributed by atoms with van der Waals surface area (Å²) in [6.45, 7) is 3.28. The van der Waals surface area contributed by atoms with Crippen LogP contribution in [0.3, 0.4) is 0 Å². The highest BCUT2D eigenvalue weighted by Crippen LogP contribution is 2.33. The van der Waals surface area contributed by atoms with Crippen molar-refractivity contribution in [3.63, 3.8) is 0 Å². The van der Waals surface area contributed by atoms with Crippen molar-refractivity contribution < 1.29 is 37.5 Å². The van der Waals surface area contributed by atoms with Crippen LogP contribution in [-0.2, 0) is 14.3 Å². The SMILES string of the molecule is CC(C)(C)OC(=O)N1CC(F)(F)CC1C(=O)NCC(=O)c1ccc(C#Cc2ccc(C(=O)CNC=O)cc2)cc1. The van der Waals surface area contributed by atoms with E-state index in [4.69, 9.17) is 4.74 Å². The number of amides is 3. The number of carbonyl (C=O) groups excluding carboxylic acids is 5. The van der Waals surface area contributed by atoms with Gasteiger partial charge in [0.1, 0.15) is 11.6 Å². The Hall–Kier alpha value is -4.59. The average molecular weight is 554 g/mol. The van der Waals surface area contributed by atoms with E-state index in [0.717, 1.165) is 0 Å². The number of hydrogen-bond donors (Lipinski definition) is 2. The molecule has 1 saturated heterocycles. The Morgan fingerprint density at radius 2 is 1.45 bits per heavy atom. The molecule has 0 spiro atoms. The average Bonchev–Trinajstić information content (AvgIpc) is 3.24. The van der Waals surface area contributed by atoms with E-state index in [1.165, 1.54) is 12.1 Å². The van der Waals surface area contributed by atoms with Crippen LogP contribution in [0.15, 0.2) is 48.5 Å². The van der Waals surface area contributed by atoms with Gasteiger partial charge in [0.05, 0.1) is 19.6 Å². The molecule has 40 heavy (non-hydrogen) atoms. The topological polar surface area (TPSA) is 122 Å². The van der Waals surface area contributed by atoms with E-state index in [-0.39, 0.29) is 17.9 Å². The van der Waals surface area contributed by atoms with Gasteiger partial charge in [-0.1, -0.05) is 36.1 Å². The number of hydrogen-bond acceptors (Lipinski definition) is 6. The van der Waals surface area contributed by atoms with Gasteiger partial charge in [-0.2, -0.15) is 0 Å². The molecule has 11 heteroatoms. The molecule has 210 valence electrons. The summed E-state index contributed by atoms with van der Waals surface area (Å²) in [5.41, 5.74) is 1.05. The Labute approximate surface area is 230 Å². The molecule has 2 N–H and O–H groups in total. The second kappa shape index (κ2) is 12.5. The monoisotopic (exact) mass is 553 g/mol. The quantitative estimate of drug-likeness (QED) is 0.295. The van der Waals surface area contributed by atoms with Crippen molar-refractivity contribution in [3.05, 3.63) is 70.8 Å². The van der Waals surface area contributed by atoms with E-state index in [1.807, 2.05) is 0 Å². The van der Waals surface area contributed by atoms with E-state index in [1.54, 1.807) is 57.2 Å². The largest absolute Gasteiger partial charge is 0.444 e. The van der Waals surface area contributed by atoms with Gasteiger partial charge in [0.15, 0.2) is 11.6 Å². The minimum absolute atomic E-state index is 0.0929. The fourth-order valence-corrected chi connectivity index (χ4v) is 3.81. The zero-order chi connectivity index (χ0) is 29.5. The Morgan fingerprint density at radius 3 is 1.93 bits per heavy atom. The Balaban J connectivity index is 1.57. The van der Waals surface area contributed by atoms with Crippen LogP contribution in [0.5, 0.6) is 0 Å². The van der Waals surface area contributed by atoms with Crippen LogP contribution in [0, 0.1) is 11.8 Å². The van der Waals surface area contributed by atoms with Crippen molar-refractivity contribution in [1.82, 2.24) is 15.5 Å². The highest BCUT2D eigenvalue weighted by Gasteiger charge is 2.51. The van der Waals surface area contributed by atoms with Crippen LogP contribution in [0.25, 0.3) is 0 Å². The number of likely N-dealkylation sites (tertiary alicyclic amines) is 1. The summed E-state index contributed by atoms with van der Waals surface area (Å²) >= 11 is 0. The first-order chi connectivity index (χ1) is 18.8. The van der Waals surface area contributed by atoms with Crippen molar-refractivity contribution in [2.45, 2.75) is 44.8 Å². The van der Waals surface area contributed by atoms with Crippen molar-refractivity contribution in [2.75, 3.05) is 19.6 Å². The highest BCUT2D eigenvalue weighted by molar-refractivity contribution is 6.00. The summed E-state index contributed by atoms with van der Waals surface area (Å²) in [6.07, 6.45) is -1.44. The second-order valence-corrected chi connectivity index (χ2v) is 10.2. The molecule has 0 aliphatic carbocycles. The maximum atomic E-state index is 14.0. The smallest absolute Gasteiger partial charge is 0.411 e. The molecule has 0 aromatic heterocycles. The van der Waals surface area contributed by atoms with Crippen LogP contribution < -0.4 is 10.6 Å². The summed E-state index contributed by atoms with van der Waals surface area (Å²) in [6, 6.07) is 11.4. The van der Waals surface area contributed by atoms with Gasteiger partial charge in [-0.25, -0.2) is 13.6 Å². The minimum atomic E-state index is -3.26. The summed E-state index contributed by atoms with van der Waals surface area (Å²) in [7, 11) is 0. The normalized spacial score (nSPS) is 15.8. The van der Waals surface area contributed by atoms with Gasteiger partial charge in [0.25, 0.3) is 5.92 Å². The molecule has 1 aliphatic heterocycles. The lowest BCUT2D eigenvalue weighted by molar-refractivity contribution is -0.125. The number of rotatable bonds is 8. The van der Waals surface area contributed by atoms with Crippen molar-refractivity contribution >= 4 is 30.0 Å². The summed E-state index contributed by atoms with van der Waals surface area (Å²) in [4.78, 5) is 60.5. The van der Waals surface area contributed by atoms with E-state index < -0.39 is 54.9 Å². The number of benzene rings is 2. The Kier molecular flexibility index (Phi) is 9.37. The zero-order valence-electron chi connectivity index (χ0n) is 22.3. The lowest BCUT2D eigenvalue weighted by Gasteiger charge is -2.27. The molecule has 2 aromatic carbocycles. The molecule has 3 amide bonds. The molecule has 0 radical (unpaired) electrons. The number of alkyl halides is 2. The Morgan fingerprint density at radius 1 is 0.950 bits per heavy atom. The molecule has 0 bridgehead atoms. The van der Waals surface area contributed by atoms with E-state index in [2.05, 4.69) is 22.5 Å². The van der Waals surface area contributed by atoms with Crippen molar-refractivity contribution in [1.29, 1.82) is 0 Å². The van der Waals surface area contributed by atoms with Crippen LogP contribution in [0.4, 0.5) is 13.6 Å². The van der Waals surface area contributed by atoms with E-state index in [9.17, 15) is 32.8 Å². The van der Waals surface area contributed by atoms with Gasteiger partial charge in [-0.05, 0) is 45.0 Å². The maximum absolute atomic E-state index is 14.0. The van der Waals surface area contributed by atoms with Crippen LogP contribution in [-0.4, -0.2) is 72.1 Å². The minimum Gasteiger partial charge on any atom is -0.444 e. The summed E-state index contributed by atoms with van der Waals surface area (Å²) in [5, 5.41) is 4.66. The van der Waals surface area contributed by atoms with Crippen molar-refractivity contribution in [2.24, 2.45) is 0 Å². The lowest BCUT2D eigenvalue weighted by Crippen LogP contribution is -2.48. The highest BCUT2D eigenvalue weighted by atomic mass is 19.3. The van der Waals surface area contributed by atoms with Gasteiger partial charge in [0.2, 0.25) is 12.3 Å². The third-order valence-electron chi connectivity index (χ3n) is 5.73. The summed E-state index contributed by atoms with van der Waals surface area (Å²) < 4.78 is 33.2. The van der Waals surface area contributed by atoms with Crippen LogP contribution >= 0.6 is 0 Å². The molecular weight excluding hydrogens is 524 g/mol. The van der Waals surface area contributed by atoms with Gasteiger partial charge < -0.3 is 15.4 Å². The van der Waals surface area contributed by atoms with Crippen LogP contribution in [0.1, 0.15) is 59.0 Å². The lowest BCUT2D eigenvalue weighted by atomic mass is 10.1. The fraction of sp³-hybridized carbons (Fsp3) is 0.345. The van der Waals surface area contributed by atoms with Gasteiger partial charge in [0, 0.05) is 28.7 Å². The molecule has 1 unspecified atom stereocenters. The first-order valence-electron chi connectivity index (χ1n) is 12.4. The first kappa shape index (κ1) is 30.0. The number of carbonyl (C=O) groups is 5. The third-order valence-corrected chi connectivity index (χ3v) is 5.73. The van der Waals surface area contributed by atoms with Gasteiger partial charge in [-0.3, -0.25) is 24.1 Å². The summed E-state index contributed by atoms with van der Waals surface area (Å²) in [5.74, 6) is 1.08. The zero-order valence-corrected chi connectivity index (χ0v) is 22.3. The van der Waals surface area contributed by atoms with Gasteiger partial charge >= 0.3 is 6.09 Å². The third kappa shape index (κ3) is 8.46. The second-order valence-electron chi connectivity index (χ2n) is 10.2. The molecule has 2 aromatic rings. The van der Waals surface area contributed by atoms with E-state index >= 15 is 0 Å². The molecule has 1 heterocycles. The molecule has 1 aliphatic rings. The molecule has 3 rings (SSSR count). The fourth-order valence-electron chi connectivity index (χ4n) is 3.81. The number of nitrogens with zero attached hydrogens (tertiary/aromatic N) is 1. The van der Waals surface area contributed by atoms with Crippen molar-refractivity contribution in [3.8, 4) is 11.8 Å². The molecule has 9 nitrogen and oxygen atoms in total. The standard InChI is InChI=1S/C29H29F2N3O6/c1-28(2,3)40-27(39)34-17-29(30,31)14-23(34)26(38)33-16-25(37)22-12-8-20(9-13-22)5-4-19-6-10-21(11-7-19)24(36)15-32-18-35/h6-13,18,23H,14-17H2,1-3H3,(H,32,35)(H,33,38). The number of nitrogens with one attached hydrogen (secondary N) is 2. The van der Waals surface area contributed by atoms with Gasteiger partial charge in [-0.15, -0.1) is 0 Å². The number of Topliss-reactive ketones (excluding diaryl/α,β-unsaturated/α-hetero) is 2. The molecule has 0 saturated carbocycles. The van der Waals surface area contributed by atoms with Crippen LogP contribution in [0.2, 0.25) is 0 Å². The number of halogens is 2. The molecule has 1 fully saturated rings. The molecular formula is C29H29F2N3O6. The molecule has 1 atom stereocenters. The maximum Gasteiger partial charge on any atom is 0.411 e.